The van der Waals surface area contributed by atoms with Gasteiger partial charge < -0.3 is 30.2 Å². The molecule has 8 heteroatoms. The Hall–Kier alpha value is -1.22. The molecule has 0 saturated carbocycles. The van der Waals surface area contributed by atoms with Gasteiger partial charge in [-0.2, -0.15) is 0 Å². The lowest BCUT2D eigenvalue weighted by molar-refractivity contribution is -0.123. The Balaban J connectivity index is -0.00000121. The summed E-state index contributed by atoms with van der Waals surface area (Å²) in [4.78, 5) is 23.0. The van der Waals surface area contributed by atoms with Gasteiger partial charge in [-0.15, -0.1) is 0 Å². The first kappa shape index (κ1) is 26.8. The van der Waals surface area contributed by atoms with Gasteiger partial charge >= 0.3 is 0 Å². The molecule has 28 heavy (non-hydrogen) atoms. The number of amides is 2. The topological polar surface area (TPSA) is 97.9 Å². The molecule has 0 aliphatic carbocycles. The van der Waals surface area contributed by atoms with Crippen LogP contribution in [0.3, 0.4) is 0 Å². The molecular formula is C20H47N3O5. The van der Waals surface area contributed by atoms with Crippen LogP contribution >= 0.6 is 0 Å². The number of ether oxygens (including phenoxy) is 3. The standard InChI is InChI=1S/C20H41N3O5.3H2/c1-17(2)16-20(25)23-9-11-27-13-15-28-14-12-26-10-6-19(24)22-8-5-7-21-18(3)4;;;/h17-18,21H,5-16H2,1-4H3,(H,22,24)(H,23,25);3*1H. The molecule has 0 spiro atoms. The van der Waals surface area contributed by atoms with Gasteiger partial charge in [-0.1, -0.05) is 27.7 Å². The molecule has 0 bridgehead atoms. The third kappa shape index (κ3) is 21.1. The zero-order valence-corrected chi connectivity index (χ0v) is 18.2. The van der Waals surface area contributed by atoms with Crippen molar-refractivity contribution in [1.82, 2.24) is 16.0 Å². The molecule has 3 N–H and O–H groups in total. The van der Waals surface area contributed by atoms with Crippen molar-refractivity contribution >= 4 is 11.8 Å². The van der Waals surface area contributed by atoms with Crippen LogP contribution in [0, 0.1) is 5.92 Å². The highest BCUT2D eigenvalue weighted by atomic mass is 16.5. The fourth-order valence-corrected chi connectivity index (χ4v) is 2.21. The van der Waals surface area contributed by atoms with Gasteiger partial charge in [0.2, 0.25) is 11.8 Å². The molecule has 0 aromatic heterocycles. The molecule has 0 heterocycles. The second kappa shape index (κ2) is 19.1. The van der Waals surface area contributed by atoms with Crippen molar-refractivity contribution in [2.24, 2.45) is 5.92 Å². The molecule has 0 radical (unpaired) electrons. The maximum atomic E-state index is 11.6. The van der Waals surface area contributed by atoms with Crippen molar-refractivity contribution in [3.63, 3.8) is 0 Å². The van der Waals surface area contributed by atoms with Crippen molar-refractivity contribution in [1.29, 1.82) is 0 Å². The SMILES string of the molecule is CC(C)CC(=O)NCCOCCOCCOCCC(=O)NCCCNC(C)C.[HH].[HH].[HH]. The van der Waals surface area contributed by atoms with Crippen LogP contribution in [0.5, 0.6) is 0 Å². The van der Waals surface area contributed by atoms with E-state index in [9.17, 15) is 9.59 Å². The number of rotatable bonds is 19. The van der Waals surface area contributed by atoms with Crippen molar-refractivity contribution < 1.29 is 28.1 Å². The van der Waals surface area contributed by atoms with Crippen LogP contribution in [0.25, 0.3) is 0 Å². The van der Waals surface area contributed by atoms with E-state index in [1.807, 2.05) is 13.8 Å². The Morgan fingerprint density at radius 1 is 0.750 bits per heavy atom. The van der Waals surface area contributed by atoms with Crippen LogP contribution in [-0.4, -0.2) is 77.1 Å². The highest BCUT2D eigenvalue weighted by Crippen LogP contribution is 1.97. The molecule has 0 aromatic rings. The molecule has 2 amide bonds. The molecule has 0 atom stereocenters. The number of nitrogens with one attached hydrogen (secondary N) is 3. The van der Waals surface area contributed by atoms with E-state index in [0.29, 0.717) is 77.5 Å². The Morgan fingerprint density at radius 3 is 1.93 bits per heavy atom. The van der Waals surface area contributed by atoms with Gasteiger partial charge in [0.1, 0.15) is 0 Å². The zero-order chi connectivity index (χ0) is 21.0. The Bertz CT molecular complexity index is 406. The second-order valence-electron chi connectivity index (χ2n) is 7.35. The molecule has 0 saturated heterocycles. The minimum absolute atomic E-state index is 0. The van der Waals surface area contributed by atoms with Crippen LogP contribution in [-0.2, 0) is 23.8 Å². The number of carbonyl (C=O) groups excluding carboxylic acids is 2. The van der Waals surface area contributed by atoms with Crippen LogP contribution < -0.4 is 16.0 Å². The van der Waals surface area contributed by atoms with E-state index in [0.717, 1.165) is 13.0 Å². The van der Waals surface area contributed by atoms with Crippen molar-refractivity contribution in [3.8, 4) is 0 Å². The van der Waals surface area contributed by atoms with Gasteiger partial charge in [-0.05, 0) is 18.9 Å². The number of carbonyl (C=O) groups is 2. The van der Waals surface area contributed by atoms with E-state index >= 15 is 0 Å². The van der Waals surface area contributed by atoms with Gasteiger partial charge in [-0.3, -0.25) is 9.59 Å². The van der Waals surface area contributed by atoms with Gasteiger partial charge in [-0.25, -0.2) is 0 Å². The number of hydrogen-bond donors (Lipinski definition) is 3. The first-order valence-corrected chi connectivity index (χ1v) is 10.4. The average Bonchev–Trinajstić information content (AvgIpc) is 2.61. The van der Waals surface area contributed by atoms with Crippen molar-refractivity contribution in [3.05, 3.63) is 0 Å². The summed E-state index contributed by atoms with van der Waals surface area (Å²) in [6.45, 7) is 13.1. The molecule has 0 aromatic carbocycles. The van der Waals surface area contributed by atoms with E-state index in [1.165, 1.54) is 0 Å². The van der Waals surface area contributed by atoms with Crippen LogP contribution in [0.1, 0.15) is 51.2 Å². The monoisotopic (exact) mass is 409 g/mol. The lowest BCUT2D eigenvalue weighted by Gasteiger charge is -2.09. The van der Waals surface area contributed by atoms with Crippen LogP contribution in [0.4, 0.5) is 0 Å². The summed E-state index contributed by atoms with van der Waals surface area (Å²) in [5, 5.41) is 8.99. The Morgan fingerprint density at radius 2 is 1.32 bits per heavy atom. The molecule has 0 fully saturated rings. The maximum Gasteiger partial charge on any atom is 0.222 e. The summed E-state index contributed by atoms with van der Waals surface area (Å²) in [6, 6.07) is 0.472. The third-order valence-electron chi connectivity index (χ3n) is 3.61. The summed E-state index contributed by atoms with van der Waals surface area (Å²) in [5.41, 5.74) is 0. The minimum atomic E-state index is 0. The summed E-state index contributed by atoms with van der Waals surface area (Å²) in [5.74, 6) is 0.436. The van der Waals surface area contributed by atoms with Crippen LogP contribution in [0.15, 0.2) is 0 Å². The van der Waals surface area contributed by atoms with Gasteiger partial charge in [0.25, 0.3) is 0 Å². The van der Waals surface area contributed by atoms with E-state index in [4.69, 9.17) is 14.2 Å². The number of hydrogen-bond acceptors (Lipinski definition) is 6. The molecule has 0 aliphatic rings. The van der Waals surface area contributed by atoms with E-state index in [-0.39, 0.29) is 16.1 Å². The average molecular weight is 410 g/mol. The first-order valence-electron chi connectivity index (χ1n) is 10.4. The predicted molar refractivity (Wildman–Crippen MR) is 117 cm³/mol. The molecule has 0 aliphatic heterocycles. The van der Waals surface area contributed by atoms with E-state index in [1.54, 1.807) is 0 Å². The fourth-order valence-electron chi connectivity index (χ4n) is 2.21. The zero-order valence-electron chi connectivity index (χ0n) is 18.2. The third-order valence-corrected chi connectivity index (χ3v) is 3.61. The molecule has 172 valence electrons. The molecule has 8 nitrogen and oxygen atoms in total. The maximum absolute atomic E-state index is 11.6. The first-order chi connectivity index (χ1) is 13.4. The predicted octanol–water partition coefficient (Wildman–Crippen LogP) is 1.83. The minimum Gasteiger partial charge on any atom is -0.379 e. The summed E-state index contributed by atoms with van der Waals surface area (Å²) < 4.78 is 16.1. The smallest absolute Gasteiger partial charge is 0.222 e. The van der Waals surface area contributed by atoms with E-state index < -0.39 is 0 Å². The van der Waals surface area contributed by atoms with Gasteiger partial charge in [0.15, 0.2) is 0 Å². The summed E-state index contributed by atoms with van der Waals surface area (Å²) >= 11 is 0. The Kier molecular flexibility index (Phi) is 18.3. The van der Waals surface area contributed by atoms with E-state index in [2.05, 4.69) is 29.8 Å². The lowest BCUT2D eigenvalue weighted by Crippen LogP contribution is -2.30. The molecular weight excluding hydrogens is 362 g/mol. The molecule has 0 unspecified atom stereocenters. The van der Waals surface area contributed by atoms with Crippen molar-refractivity contribution in [2.75, 3.05) is 59.3 Å². The van der Waals surface area contributed by atoms with Crippen LogP contribution in [0.2, 0.25) is 0 Å². The van der Waals surface area contributed by atoms with Gasteiger partial charge in [0, 0.05) is 36.3 Å². The summed E-state index contributed by atoms with van der Waals surface area (Å²) in [6.07, 6.45) is 1.83. The highest BCUT2D eigenvalue weighted by molar-refractivity contribution is 5.76. The van der Waals surface area contributed by atoms with Gasteiger partial charge in [0.05, 0.1) is 39.6 Å². The normalized spacial score (nSPS) is 11.2. The molecule has 0 rings (SSSR count). The quantitative estimate of drug-likeness (QED) is 0.282. The second-order valence-corrected chi connectivity index (χ2v) is 7.35. The largest absolute Gasteiger partial charge is 0.379 e. The highest BCUT2D eigenvalue weighted by Gasteiger charge is 2.03. The lowest BCUT2D eigenvalue weighted by atomic mass is 10.1. The van der Waals surface area contributed by atoms with Crippen molar-refractivity contribution in [2.45, 2.75) is 53.0 Å². The fraction of sp³-hybridized carbons (Fsp3) is 0.900. The summed E-state index contributed by atoms with van der Waals surface area (Å²) in [7, 11) is 0. The Labute approximate surface area is 174 Å².